The second kappa shape index (κ2) is 8.14. The molecule has 1 amide bonds. The zero-order chi connectivity index (χ0) is 15.8. The highest BCUT2D eigenvalue weighted by Crippen LogP contribution is 2.24. The number of ether oxygens (including phenoxy) is 3. The monoisotopic (exact) mass is 295 g/mol. The van der Waals surface area contributed by atoms with Crippen molar-refractivity contribution >= 4 is 11.9 Å². The average Bonchev–Trinajstić information content (AvgIpc) is 2.50. The van der Waals surface area contributed by atoms with Crippen LogP contribution in [0.3, 0.4) is 0 Å². The normalized spacial score (nSPS) is 11.6. The van der Waals surface area contributed by atoms with Gasteiger partial charge >= 0.3 is 5.97 Å². The van der Waals surface area contributed by atoms with Crippen molar-refractivity contribution in [3.05, 3.63) is 23.8 Å². The largest absolute Gasteiger partial charge is 0.497 e. The van der Waals surface area contributed by atoms with Gasteiger partial charge in [0.25, 0.3) is 0 Å². The highest BCUT2D eigenvalue weighted by Gasteiger charge is 2.21. The van der Waals surface area contributed by atoms with Gasteiger partial charge in [0.1, 0.15) is 11.5 Å². The van der Waals surface area contributed by atoms with Crippen molar-refractivity contribution in [2.45, 2.75) is 32.3 Å². The van der Waals surface area contributed by atoms with E-state index < -0.39 is 18.0 Å². The second-order valence-electron chi connectivity index (χ2n) is 4.53. The Bertz CT molecular complexity index is 501. The van der Waals surface area contributed by atoms with E-state index in [4.69, 9.17) is 19.9 Å². The minimum atomic E-state index is -0.720. The second-order valence-corrected chi connectivity index (χ2v) is 4.53. The van der Waals surface area contributed by atoms with Crippen LogP contribution in [-0.2, 0) is 9.53 Å². The number of carbonyl (C=O) groups is 2. The molecule has 6 nitrogen and oxygen atoms in total. The third kappa shape index (κ3) is 4.98. The van der Waals surface area contributed by atoms with Gasteiger partial charge in [-0.15, -0.1) is 0 Å². The van der Waals surface area contributed by atoms with Crippen LogP contribution in [0.15, 0.2) is 18.2 Å². The number of esters is 1. The van der Waals surface area contributed by atoms with Crippen molar-refractivity contribution in [1.29, 1.82) is 0 Å². The molecule has 6 heteroatoms. The summed E-state index contributed by atoms with van der Waals surface area (Å²) in [5.41, 5.74) is 5.51. The van der Waals surface area contributed by atoms with E-state index in [0.717, 1.165) is 12.8 Å². The molecule has 0 spiro atoms. The molecular formula is C15H21NO5. The molecule has 116 valence electrons. The van der Waals surface area contributed by atoms with Gasteiger partial charge in [0.05, 0.1) is 14.2 Å². The molecule has 0 aromatic heterocycles. The van der Waals surface area contributed by atoms with Gasteiger partial charge in [-0.1, -0.05) is 13.3 Å². The Balaban J connectivity index is 2.98. The number of methoxy groups -OCH3 is 2. The topological polar surface area (TPSA) is 87.9 Å². The summed E-state index contributed by atoms with van der Waals surface area (Å²) < 4.78 is 15.5. The van der Waals surface area contributed by atoms with Gasteiger partial charge in [-0.2, -0.15) is 0 Å². The fourth-order valence-corrected chi connectivity index (χ4v) is 1.81. The van der Waals surface area contributed by atoms with E-state index in [1.165, 1.54) is 26.4 Å². The quantitative estimate of drug-likeness (QED) is 0.740. The van der Waals surface area contributed by atoms with Crippen LogP contribution in [0.2, 0.25) is 0 Å². The molecule has 1 aromatic carbocycles. The van der Waals surface area contributed by atoms with Gasteiger partial charge in [0.15, 0.2) is 6.10 Å². The van der Waals surface area contributed by atoms with Crippen LogP contribution in [0.1, 0.15) is 36.5 Å². The van der Waals surface area contributed by atoms with Crippen LogP contribution >= 0.6 is 0 Å². The molecule has 0 bridgehead atoms. The van der Waals surface area contributed by atoms with Crippen LogP contribution in [0.4, 0.5) is 0 Å². The lowest BCUT2D eigenvalue weighted by Gasteiger charge is -2.17. The van der Waals surface area contributed by atoms with Gasteiger partial charge in [-0.25, -0.2) is 4.79 Å². The predicted octanol–water partition coefficient (Wildman–Crippen LogP) is 1.90. The minimum absolute atomic E-state index is 0.253. The first-order valence-corrected chi connectivity index (χ1v) is 6.75. The molecule has 0 saturated heterocycles. The molecule has 0 aliphatic carbocycles. The molecule has 1 unspecified atom stereocenters. The zero-order valence-corrected chi connectivity index (χ0v) is 12.5. The smallest absolute Gasteiger partial charge is 0.347 e. The lowest BCUT2D eigenvalue weighted by Crippen LogP contribution is -2.28. The summed E-state index contributed by atoms with van der Waals surface area (Å²) >= 11 is 0. The number of unbranched alkanes of at least 4 members (excludes halogenated alkanes) is 1. The number of hydrogen-bond acceptors (Lipinski definition) is 5. The van der Waals surface area contributed by atoms with E-state index in [-0.39, 0.29) is 5.56 Å². The first-order valence-electron chi connectivity index (χ1n) is 6.75. The molecule has 1 atom stereocenters. The highest BCUT2D eigenvalue weighted by molar-refractivity contribution is 5.93. The first kappa shape index (κ1) is 16.8. The maximum absolute atomic E-state index is 11.7. The Kier molecular flexibility index (Phi) is 6.52. The fourth-order valence-electron chi connectivity index (χ4n) is 1.81. The molecule has 2 N–H and O–H groups in total. The van der Waals surface area contributed by atoms with Crippen molar-refractivity contribution < 1.29 is 23.8 Å². The third-order valence-electron chi connectivity index (χ3n) is 2.96. The Labute approximate surface area is 124 Å². The Morgan fingerprint density at radius 2 is 1.86 bits per heavy atom. The molecule has 0 aliphatic heterocycles. The Hall–Kier alpha value is -2.24. The number of hydrogen-bond donors (Lipinski definition) is 1. The molecule has 0 saturated carbocycles. The van der Waals surface area contributed by atoms with E-state index in [0.29, 0.717) is 17.9 Å². The summed E-state index contributed by atoms with van der Waals surface area (Å²) in [6.45, 7) is 2.02. The van der Waals surface area contributed by atoms with E-state index >= 15 is 0 Å². The molecule has 0 heterocycles. The highest BCUT2D eigenvalue weighted by atomic mass is 16.6. The summed E-state index contributed by atoms with van der Waals surface area (Å²) in [6.07, 6.45) is 1.57. The van der Waals surface area contributed by atoms with Crippen LogP contribution < -0.4 is 15.2 Å². The summed E-state index contributed by atoms with van der Waals surface area (Å²) in [4.78, 5) is 23.0. The molecule has 0 radical (unpaired) electrons. The number of benzene rings is 1. The molecule has 0 aliphatic rings. The van der Waals surface area contributed by atoms with Crippen LogP contribution in [0, 0.1) is 0 Å². The third-order valence-corrected chi connectivity index (χ3v) is 2.96. The van der Waals surface area contributed by atoms with E-state index in [2.05, 4.69) is 0 Å². The van der Waals surface area contributed by atoms with Gasteiger partial charge < -0.3 is 19.9 Å². The molecule has 21 heavy (non-hydrogen) atoms. The van der Waals surface area contributed by atoms with E-state index in [9.17, 15) is 9.59 Å². The summed E-state index contributed by atoms with van der Waals surface area (Å²) in [7, 11) is 2.78. The maximum Gasteiger partial charge on any atom is 0.347 e. The van der Waals surface area contributed by atoms with Crippen molar-refractivity contribution in [2.75, 3.05) is 14.2 Å². The van der Waals surface area contributed by atoms with Crippen molar-refractivity contribution in [3.63, 3.8) is 0 Å². The summed E-state index contributed by atoms with van der Waals surface area (Å²) in [5.74, 6) is -0.274. The van der Waals surface area contributed by atoms with E-state index in [1.54, 1.807) is 6.07 Å². The van der Waals surface area contributed by atoms with E-state index in [1.807, 2.05) is 6.92 Å². The zero-order valence-electron chi connectivity index (χ0n) is 12.5. The number of amides is 1. The summed E-state index contributed by atoms with van der Waals surface area (Å²) in [6, 6.07) is 4.58. The van der Waals surface area contributed by atoms with Gasteiger partial charge in [0.2, 0.25) is 5.91 Å². The Morgan fingerprint density at radius 1 is 1.19 bits per heavy atom. The van der Waals surface area contributed by atoms with Gasteiger partial charge in [-0.3, -0.25) is 4.79 Å². The molecule has 1 rings (SSSR count). The number of rotatable bonds is 8. The standard InChI is InChI=1S/C15H21NO5/c1-4-5-6-13(15(18)20-3)21-12-8-10(14(16)17)7-11(9-12)19-2/h7-9,13H,4-6H2,1-3H3,(H2,16,17). The summed E-state index contributed by atoms with van der Waals surface area (Å²) in [5, 5.41) is 0. The maximum atomic E-state index is 11.7. The number of primary amides is 1. The SMILES string of the molecule is CCCCC(Oc1cc(OC)cc(C(N)=O)c1)C(=O)OC. The van der Waals surface area contributed by atoms with Crippen molar-refractivity contribution in [3.8, 4) is 11.5 Å². The molecule has 0 fully saturated rings. The van der Waals surface area contributed by atoms with Gasteiger partial charge in [-0.05, 0) is 25.0 Å². The van der Waals surface area contributed by atoms with Crippen LogP contribution in [0.25, 0.3) is 0 Å². The van der Waals surface area contributed by atoms with Crippen molar-refractivity contribution in [1.82, 2.24) is 0 Å². The lowest BCUT2D eigenvalue weighted by atomic mass is 10.1. The van der Waals surface area contributed by atoms with Crippen molar-refractivity contribution in [2.24, 2.45) is 5.73 Å². The molecule has 1 aromatic rings. The van der Waals surface area contributed by atoms with Crippen LogP contribution in [-0.4, -0.2) is 32.2 Å². The first-order chi connectivity index (χ1) is 10.0. The Morgan fingerprint density at radius 3 is 2.38 bits per heavy atom. The number of carbonyl (C=O) groups excluding carboxylic acids is 2. The predicted molar refractivity (Wildman–Crippen MR) is 77.5 cm³/mol. The van der Waals surface area contributed by atoms with Crippen LogP contribution in [0.5, 0.6) is 11.5 Å². The number of nitrogens with two attached hydrogens (primary N) is 1. The fraction of sp³-hybridized carbons (Fsp3) is 0.467. The molecular weight excluding hydrogens is 274 g/mol. The minimum Gasteiger partial charge on any atom is -0.497 e. The van der Waals surface area contributed by atoms with Gasteiger partial charge in [0, 0.05) is 11.6 Å². The lowest BCUT2D eigenvalue weighted by molar-refractivity contribution is -0.149. The average molecular weight is 295 g/mol.